The van der Waals surface area contributed by atoms with Gasteiger partial charge in [-0.05, 0) is 23.0 Å². The van der Waals surface area contributed by atoms with Crippen molar-refractivity contribution in [2.24, 2.45) is 0 Å². The van der Waals surface area contributed by atoms with Crippen LogP contribution in [0, 0.1) is 0 Å². The smallest absolute Gasteiger partial charge is 0.358 e. The van der Waals surface area contributed by atoms with Gasteiger partial charge in [0.1, 0.15) is 5.69 Å². The number of benzene rings is 1. The fourth-order valence-electron chi connectivity index (χ4n) is 2.38. The zero-order valence-corrected chi connectivity index (χ0v) is 12.1. The Morgan fingerprint density at radius 1 is 1.10 bits per heavy atom. The molecule has 2 N–H and O–H groups in total. The lowest BCUT2D eigenvalue weighted by Crippen LogP contribution is -2.05. The second-order valence-corrected chi connectivity index (χ2v) is 5.45. The maximum absolute atomic E-state index is 11.3. The van der Waals surface area contributed by atoms with Gasteiger partial charge < -0.3 is 5.11 Å². The minimum Gasteiger partial charge on any atom is -0.476 e. The molecule has 1 aromatic carbocycles. The number of aromatic amines is 1. The average Bonchev–Trinajstić information content (AvgIpc) is 2.86. The molecule has 0 aliphatic rings. The van der Waals surface area contributed by atoms with Gasteiger partial charge in [0.2, 0.25) is 0 Å². The highest BCUT2D eigenvalue weighted by Crippen LogP contribution is 2.36. The summed E-state index contributed by atoms with van der Waals surface area (Å²) in [7, 11) is 0. The van der Waals surface area contributed by atoms with Crippen LogP contribution in [0.25, 0.3) is 11.3 Å². The molecular weight excluding hydrogens is 254 g/mol. The molecule has 0 atom stereocenters. The standard InChI is InChI=1S/C15H19N3O2/c1-8(2)10-6-5-7-11(9(3)4)12(10)13-14(15(19)20)17-18-16-13/h5-9H,1-4H3,(H,19,20)(H,16,17,18). The lowest BCUT2D eigenvalue weighted by Gasteiger charge is -2.18. The summed E-state index contributed by atoms with van der Waals surface area (Å²) in [5.74, 6) is -0.508. The zero-order chi connectivity index (χ0) is 14.9. The van der Waals surface area contributed by atoms with Gasteiger partial charge in [0.15, 0.2) is 5.69 Å². The van der Waals surface area contributed by atoms with Crippen molar-refractivity contribution >= 4 is 5.97 Å². The van der Waals surface area contributed by atoms with Gasteiger partial charge in [0, 0.05) is 5.56 Å². The van der Waals surface area contributed by atoms with Crippen LogP contribution in [0.2, 0.25) is 0 Å². The van der Waals surface area contributed by atoms with Crippen molar-refractivity contribution in [2.45, 2.75) is 39.5 Å². The van der Waals surface area contributed by atoms with E-state index in [0.717, 1.165) is 16.7 Å². The minimum absolute atomic E-state index is 0.0278. The van der Waals surface area contributed by atoms with Crippen molar-refractivity contribution in [3.8, 4) is 11.3 Å². The molecule has 0 aliphatic heterocycles. The molecule has 20 heavy (non-hydrogen) atoms. The lowest BCUT2D eigenvalue weighted by atomic mass is 9.86. The quantitative estimate of drug-likeness (QED) is 0.894. The molecule has 0 aliphatic carbocycles. The van der Waals surface area contributed by atoms with E-state index in [1.54, 1.807) is 0 Å². The van der Waals surface area contributed by atoms with Crippen molar-refractivity contribution in [1.82, 2.24) is 15.4 Å². The third kappa shape index (κ3) is 2.43. The number of carboxylic acid groups (broad SMARTS) is 1. The van der Waals surface area contributed by atoms with Crippen LogP contribution in [-0.2, 0) is 0 Å². The Kier molecular flexibility index (Phi) is 3.88. The Morgan fingerprint density at radius 2 is 1.65 bits per heavy atom. The summed E-state index contributed by atoms with van der Waals surface area (Å²) in [5, 5.41) is 19.5. The lowest BCUT2D eigenvalue weighted by molar-refractivity contribution is 0.0691. The molecule has 1 aromatic heterocycles. The third-order valence-electron chi connectivity index (χ3n) is 3.36. The highest BCUT2D eigenvalue weighted by atomic mass is 16.4. The van der Waals surface area contributed by atoms with Crippen LogP contribution < -0.4 is 0 Å². The summed E-state index contributed by atoms with van der Waals surface area (Å²) in [6, 6.07) is 6.05. The normalized spacial score (nSPS) is 11.3. The maximum atomic E-state index is 11.3. The molecule has 0 saturated carbocycles. The van der Waals surface area contributed by atoms with Crippen LogP contribution in [0.3, 0.4) is 0 Å². The number of hydrogen-bond donors (Lipinski definition) is 2. The summed E-state index contributed by atoms with van der Waals surface area (Å²) in [6.45, 7) is 8.35. The Balaban J connectivity index is 2.76. The Labute approximate surface area is 118 Å². The second kappa shape index (κ2) is 5.45. The van der Waals surface area contributed by atoms with Crippen molar-refractivity contribution in [3.05, 3.63) is 35.0 Å². The minimum atomic E-state index is -1.07. The number of carboxylic acids is 1. The summed E-state index contributed by atoms with van der Waals surface area (Å²) in [4.78, 5) is 11.3. The molecule has 0 saturated heterocycles. The fraction of sp³-hybridized carbons (Fsp3) is 0.400. The topological polar surface area (TPSA) is 78.9 Å². The molecule has 0 unspecified atom stereocenters. The molecule has 5 heteroatoms. The molecule has 5 nitrogen and oxygen atoms in total. The molecule has 0 amide bonds. The molecule has 106 valence electrons. The molecule has 2 aromatic rings. The van der Waals surface area contributed by atoms with E-state index in [1.807, 2.05) is 18.2 Å². The van der Waals surface area contributed by atoms with Crippen LogP contribution in [0.4, 0.5) is 0 Å². The van der Waals surface area contributed by atoms with E-state index in [-0.39, 0.29) is 17.5 Å². The van der Waals surface area contributed by atoms with Crippen LogP contribution in [0.1, 0.15) is 61.1 Å². The van der Waals surface area contributed by atoms with E-state index in [2.05, 4.69) is 43.1 Å². The molecular formula is C15H19N3O2. The average molecular weight is 273 g/mol. The molecule has 0 bridgehead atoms. The number of aromatic carboxylic acids is 1. The first-order valence-corrected chi connectivity index (χ1v) is 6.70. The predicted molar refractivity (Wildman–Crippen MR) is 77.0 cm³/mol. The summed E-state index contributed by atoms with van der Waals surface area (Å²) in [6.07, 6.45) is 0. The highest BCUT2D eigenvalue weighted by molar-refractivity contribution is 5.93. The van der Waals surface area contributed by atoms with Crippen LogP contribution in [0.15, 0.2) is 18.2 Å². The van der Waals surface area contributed by atoms with Crippen LogP contribution >= 0.6 is 0 Å². The Hall–Kier alpha value is -2.17. The Morgan fingerprint density at radius 3 is 2.10 bits per heavy atom. The Bertz CT molecular complexity index is 604. The van der Waals surface area contributed by atoms with Gasteiger partial charge in [-0.2, -0.15) is 10.3 Å². The van der Waals surface area contributed by atoms with Gasteiger partial charge in [-0.25, -0.2) is 4.79 Å². The number of carbonyl (C=O) groups is 1. The van der Waals surface area contributed by atoms with E-state index in [4.69, 9.17) is 0 Å². The number of aromatic nitrogens is 3. The molecule has 0 radical (unpaired) electrons. The SMILES string of the molecule is CC(C)c1cccc(C(C)C)c1-c1n[nH]nc1C(=O)O. The van der Waals surface area contributed by atoms with Gasteiger partial charge >= 0.3 is 5.97 Å². The van der Waals surface area contributed by atoms with E-state index < -0.39 is 5.97 Å². The van der Waals surface area contributed by atoms with E-state index in [1.165, 1.54) is 0 Å². The maximum Gasteiger partial charge on any atom is 0.358 e. The third-order valence-corrected chi connectivity index (χ3v) is 3.36. The van der Waals surface area contributed by atoms with E-state index in [0.29, 0.717) is 5.69 Å². The van der Waals surface area contributed by atoms with Crippen molar-refractivity contribution < 1.29 is 9.90 Å². The summed E-state index contributed by atoms with van der Waals surface area (Å²) >= 11 is 0. The molecule has 2 rings (SSSR count). The van der Waals surface area contributed by atoms with Crippen molar-refractivity contribution in [3.63, 3.8) is 0 Å². The van der Waals surface area contributed by atoms with Crippen molar-refractivity contribution in [2.75, 3.05) is 0 Å². The van der Waals surface area contributed by atoms with Gasteiger partial charge in [-0.15, -0.1) is 5.10 Å². The first-order chi connectivity index (χ1) is 9.43. The molecule has 1 heterocycles. The van der Waals surface area contributed by atoms with Gasteiger partial charge in [-0.1, -0.05) is 45.9 Å². The number of nitrogens with zero attached hydrogens (tertiary/aromatic N) is 2. The summed E-state index contributed by atoms with van der Waals surface area (Å²) in [5.41, 5.74) is 3.47. The predicted octanol–water partition coefficient (Wildman–Crippen LogP) is 3.42. The monoisotopic (exact) mass is 273 g/mol. The zero-order valence-electron chi connectivity index (χ0n) is 12.1. The van der Waals surface area contributed by atoms with Crippen molar-refractivity contribution in [1.29, 1.82) is 0 Å². The second-order valence-electron chi connectivity index (χ2n) is 5.45. The molecule has 0 fully saturated rings. The summed E-state index contributed by atoms with van der Waals surface area (Å²) < 4.78 is 0. The van der Waals surface area contributed by atoms with Crippen LogP contribution in [0.5, 0.6) is 0 Å². The number of H-pyrrole nitrogens is 1. The van der Waals surface area contributed by atoms with E-state index in [9.17, 15) is 9.90 Å². The fourth-order valence-corrected chi connectivity index (χ4v) is 2.38. The van der Waals surface area contributed by atoms with Crippen LogP contribution in [-0.4, -0.2) is 26.5 Å². The number of hydrogen-bond acceptors (Lipinski definition) is 3. The first-order valence-electron chi connectivity index (χ1n) is 6.70. The number of rotatable bonds is 4. The number of nitrogens with one attached hydrogen (secondary N) is 1. The van der Waals surface area contributed by atoms with Gasteiger partial charge in [0.05, 0.1) is 0 Å². The molecule has 0 spiro atoms. The van der Waals surface area contributed by atoms with Gasteiger partial charge in [0.25, 0.3) is 0 Å². The largest absolute Gasteiger partial charge is 0.476 e. The highest BCUT2D eigenvalue weighted by Gasteiger charge is 2.23. The van der Waals surface area contributed by atoms with E-state index >= 15 is 0 Å². The first kappa shape index (κ1) is 14.2. The van der Waals surface area contributed by atoms with Gasteiger partial charge in [-0.3, -0.25) is 0 Å².